The maximum absolute atomic E-state index is 6.00. The molecule has 2 heterocycles. The van der Waals surface area contributed by atoms with Crippen LogP contribution in [0.15, 0.2) is 29.6 Å². The van der Waals surface area contributed by atoms with Gasteiger partial charge < -0.3 is 10.1 Å². The lowest BCUT2D eigenvalue weighted by Crippen LogP contribution is -2.24. The van der Waals surface area contributed by atoms with E-state index in [4.69, 9.17) is 16.3 Å². The van der Waals surface area contributed by atoms with Crippen LogP contribution in [-0.4, -0.2) is 20.3 Å². The monoisotopic (exact) mass is 287 g/mol. The van der Waals surface area contributed by atoms with Crippen LogP contribution in [0.25, 0.3) is 0 Å². The van der Waals surface area contributed by atoms with E-state index in [0.717, 1.165) is 10.9 Å². The van der Waals surface area contributed by atoms with Gasteiger partial charge in [0, 0.05) is 23.4 Å². The van der Waals surface area contributed by atoms with Gasteiger partial charge >= 0.3 is 0 Å². The summed E-state index contributed by atoms with van der Waals surface area (Å²) in [6.07, 6.45) is 0. The number of thiophene rings is 2. The van der Waals surface area contributed by atoms with Crippen molar-refractivity contribution in [2.75, 3.05) is 20.3 Å². The molecule has 1 atom stereocenters. The number of nitrogens with one attached hydrogen (secondary N) is 1. The van der Waals surface area contributed by atoms with Gasteiger partial charge in [-0.25, -0.2) is 0 Å². The van der Waals surface area contributed by atoms with Gasteiger partial charge in [-0.05, 0) is 23.6 Å². The van der Waals surface area contributed by atoms with Crippen LogP contribution in [0.2, 0.25) is 4.34 Å². The van der Waals surface area contributed by atoms with Crippen LogP contribution in [-0.2, 0) is 4.74 Å². The van der Waals surface area contributed by atoms with Crippen LogP contribution in [0.3, 0.4) is 0 Å². The lowest BCUT2D eigenvalue weighted by molar-refractivity contribution is 0.197. The molecular weight excluding hydrogens is 274 g/mol. The van der Waals surface area contributed by atoms with Gasteiger partial charge in [-0.15, -0.1) is 22.7 Å². The van der Waals surface area contributed by atoms with E-state index < -0.39 is 0 Å². The summed E-state index contributed by atoms with van der Waals surface area (Å²) in [7, 11) is 1.71. The van der Waals surface area contributed by atoms with E-state index in [9.17, 15) is 0 Å². The number of hydrogen-bond acceptors (Lipinski definition) is 4. The first-order chi connectivity index (χ1) is 8.31. The van der Waals surface area contributed by atoms with Gasteiger partial charge in [0.2, 0.25) is 0 Å². The average Bonchev–Trinajstić information content (AvgIpc) is 2.96. The van der Waals surface area contributed by atoms with E-state index in [-0.39, 0.29) is 6.04 Å². The third kappa shape index (κ3) is 3.53. The van der Waals surface area contributed by atoms with Crippen LogP contribution in [0.1, 0.15) is 15.8 Å². The van der Waals surface area contributed by atoms with E-state index >= 15 is 0 Å². The molecule has 0 bridgehead atoms. The molecule has 1 unspecified atom stereocenters. The second-order valence-corrected chi connectivity index (χ2v) is 6.26. The number of rotatable bonds is 6. The highest BCUT2D eigenvalue weighted by Crippen LogP contribution is 2.32. The van der Waals surface area contributed by atoms with Crippen molar-refractivity contribution in [2.45, 2.75) is 6.04 Å². The molecule has 17 heavy (non-hydrogen) atoms. The minimum Gasteiger partial charge on any atom is -0.383 e. The Hall–Kier alpha value is -0.390. The highest BCUT2D eigenvalue weighted by atomic mass is 35.5. The van der Waals surface area contributed by atoms with Crippen LogP contribution < -0.4 is 5.32 Å². The van der Waals surface area contributed by atoms with Crippen molar-refractivity contribution in [1.82, 2.24) is 5.32 Å². The second kappa shape index (κ2) is 6.52. The van der Waals surface area contributed by atoms with Gasteiger partial charge in [0.05, 0.1) is 17.0 Å². The molecule has 0 saturated carbocycles. The Morgan fingerprint density at radius 2 is 2.24 bits per heavy atom. The summed E-state index contributed by atoms with van der Waals surface area (Å²) in [5.74, 6) is 0. The third-order valence-electron chi connectivity index (χ3n) is 2.36. The summed E-state index contributed by atoms with van der Waals surface area (Å²) < 4.78 is 5.90. The third-order valence-corrected chi connectivity index (χ3v) is 4.59. The van der Waals surface area contributed by atoms with Gasteiger partial charge in [0.15, 0.2) is 0 Å². The standard InChI is InChI=1S/C12H14ClNOS2/c1-15-7-6-14-12(9-3-2-8-16-9)10-4-5-11(13)17-10/h2-5,8,12,14H,6-7H2,1H3. The summed E-state index contributed by atoms with van der Waals surface area (Å²) in [6.45, 7) is 1.54. The molecule has 0 aromatic carbocycles. The fraction of sp³-hybridized carbons (Fsp3) is 0.333. The van der Waals surface area contributed by atoms with Gasteiger partial charge in [0.25, 0.3) is 0 Å². The van der Waals surface area contributed by atoms with E-state index in [2.05, 4.69) is 28.9 Å². The van der Waals surface area contributed by atoms with Crippen molar-refractivity contribution >= 4 is 34.3 Å². The number of ether oxygens (including phenoxy) is 1. The molecule has 0 saturated heterocycles. The average molecular weight is 288 g/mol. The fourth-order valence-electron chi connectivity index (χ4n) is 1.59. The molecule has 5 heteroatoms. The Labute approximate surface area is 114 Å². The first kappa shape index (κ1) is 13.1. The summed E-state index contributed by atoms with van der Waals surface area (Å²) in [5.41, 5.74) is 0. The summed E-state index contributed by atoms with van der Waals surface area (Å²) in [4.78, 5) is 2.55. The molecule has 2 aromatic heterocycles. The van der Waals surface area contributed by atoms with E-state index in [1.807, 2.05) is 6.07 Å². The summed E-state index contributed by atoms with van der Waals surface area (Å²) in [5, 5.41) is 5.58. The first-order valence-corrected chi connectivity index (χ1v) is 7.39. The van der Waals surface area contributed by atoms with Gasteiger partial charge in [-0.2, -0.15) is 0 Å². The molecule has 0 aliphatic rings. The van der Waals surface area contributed by atoms with Gasteiger partial charge in [-0.3, -0.25) is 0 Å². The Balaban J connectivity index is 2.13. The summed E-state index contributed by atoms with van der Waals surface area (Å²) >= 11 is 9.37. The van der Waals surface area contributed by atoms with Crippen molar-refractivity contribution in [3.8, 4) is 0 Å². The molecule has 0 aliphatic carbocycles. The predicted octanol–water partition coefficient (Wildman–Crippen LogP) is 3.79. The van der Waals surface area contributed by atoms with Crippen LogP contribution in [0.5, 0.6) is 0 Å². The van der Waals surface area contributed by atoms with Gasteiger partial charge in [0.1, 0.15) is 0 Å². The zero-order chi connectivity index (χ0) is 12.1. The molecule has 2 rings (SSSR count). The SMILES string of the molecule is COCCNC(c1cccs1)c1ccc(Cl)s1. The van der Waals surface area contributed by atoms with Crippen molar-refractivity contribution in [3.63, 3.8) is 0 Å². The quantitative estimate of drug-likeness (QED) is 0.816. The Kier molecular flexibility index (Phi) is 5.00. The molecule has 0 aliphatic heterocycles. The number of halogens is 1. The Morgan fingerprint density at radius 3 is 2.82 bits per heavy atom. The zero-order valence-electron chi connectivity index (χ0n) is 9.48. The van der Waals surface area contributed by atoms with Gasteiger partial charge in [-0.1, -0.05) is 17.7 Å². The number of hydrogen-bond donors (Lipinski definition) is 1. The fourth-order valence-corrected chi connectivity index (χ4v) is 3.63. The second-order valence-electron chi connectivity index (χ2n) is 3.54. The Morgan fingerprint density at radius 1 is 1.35 bits per heavy atom. The van der Waals surface area contributed by atoms with Crippen molar-refractivity contribution < 1.29 is 4.74 Å². The maximum Gasteiger partial charge on any atom is 0.0931 e. The molecular formula is C12H14ClNOS2. The molecule has 1 N–H and O–H groups in total. The highest BCUT2D eigenvalue weighted by Gasteiger charge is 2.16. The lowest BCUT2D eigenvalue weighted by atomic mass is 10.2. The van der Waals surface area contributed by atoms with E-state index in [1.165, 1.54) is 9.75 Å². The van der Waals surface area contributed by atoms with Crippen LogP contribution in [0.4, 0.5) is 0 Å². The minimum absolute atomic E-state index is 0.225. The van der Waals surface area contributed by atoms with Crippen molar-refractivity contribution in [1.29, 1.82) is 0 Å². The molecule has 0 radical (unpaired) electrons. The van der Waals surface area contributed by atoms with Crippen molar-refractivity contribution in [3.05, 3.63) is 43.7 Å². The molecule has 2 nitrogen and oxygen atoms in total. The van der Waals surface area contributed by atoms with E-state index in [1.54, 1.807) is 29.8 Å². The van der Waals surface area contributed by atoms with Crippen molar-refractivity contribution in [2.24, 2.45) is 0 Å². The molecule has 2 aromatic rings. The Bertz CT molecular complexity index is 441. The highest BCUT2D eigenvalue weighted by molar-refractivity contribution is 7.16. The topological polar surface area (TPSA) is 21.3 Å². The minimum atomic E-state index is 0.225. The van der Waals surface area contributed by atoms with E-state index in [0.29, 0.717) is 6.61 Å². The lowest BCUT2D eigenvalue weighted by Gasteiger charge is -2.15. The molecule has 92 valence electrons. The normalized spacial score (nSPS) is 12.8. The predicted molar refractivity (Wildman–Crippen MR) is 75.4 cm³/mol. The maximum atomic E-state index is 6.00. The van der Waals surface area contributed by atoms with Crippen LogP contribution in [0, 0.1) is 0 Å². The molecule has 0 amide bonds. The first-order valence-electron chi connectivity index (χ1n) is 5.32. The van der Waals surface area contributed by atoms with Crippen LogP contribution >= 0.6 is 34.3 Å². The zero-order valence-corrected chi connectivity index (χ0v) is 11.9. The smallest absolute Gasteiger partial charge is 0.0931 e. The summed E-state index contributed by atoms with van der Waals surface area (Å²) in [6, 6.07) is 8.46. The number of methoxy groups -OCH3 is 1. The molecule has 0 fully saturated rings. The molecule has 0 spiro atoms. The largest absolute Gasteiger partial charge is 0.383 e.